The highest BCUT2D eigenvalue weighted by molar-refractivity contribution is 7.11. The van der Waals surface area contributed by atoms with Crippen LogP contribution in [0.5, 0.6) is 0 Å². The molecule has 7 heteroatoms. The van der Waals surface area contributed by atoms with Crippen LogP contribution in [0, 0.1) is 6.92 Å². The van der Waals surface area contributed by atoms with E-state index in [1.54, 1.807) is 4.68 Å². The molecule has 0 bridgehead atoms. The Morgan fingerprint density at radius 3 is 2.73 bits per heavy atom. The lowest BCUT2D eigenvalue weighted by molar-refractivity contribution is 0.245. The smallest absolute Gasteiger partial charge is 0.164 e. The highest BCUT2D eigenvalue weighted by Crippen LogP contribution is 2.30. The molecule has 0 fully saturated rings. The number of hydrogen-bond donors (Lipinski definition) is 0. The third-order valence-electron chi connectivity index (χ3n) is 4.68. The maximum Gasteiger partial charge on any atom is 0.164 e. The van der Waals surface area contributed by atoms with E-state index in [1.165, 1.54) is 21.0 Å². The van der Waals surface area contributed by atoms with Gasteiger partial charge in [0, 0.05) is 68.7 Å². The average molecular weight is 369 g/mol. The number of fused-ring (bicyclic) bond motifs is 1. The molecule has 0 saturated carbocycles. The van der Waals surface area contributed by atoms with Gasteiger partial charge in [0.2, 0.25) is 0 Å². The molecule has 0 aliphatic carbocycles. The summed E-state index contributed by atoms with van der Waals surface area (Å²) in [6.45, 7) is 5.08. The second-order valence-electron chi connectivity index (χ2n) is 7.07. The van der Waals surface area contributed by atoms with Crippen LogP contribution in [-0.2, 0) is 26.6 Å². The van der Waals surface area contributed by atoms with Crippen LogP contribution in [0.3, 0.4) is 0 Å². The topological polar surface area (TPSA) is 50.1 Å². The van der Waals surface area contributed by atoms with Crippen molar-refractivity contribution < 1.29 is 0 Å². The molecule has 6 nitrogen and oxygen atoms in total. The summed E-state index contributed by atoms with van der Waals surface area (Å²) in [5, 5.41) is 4.26. The minimum Gasteiger partial charge on any atom is -0.362 e. The Morgan fingerprint density at radius 2 is 2.08 bits per heavy atom. The number of aromatic nitrogens is 4. The molecular formula is C19H24N6S. The van der Waals surface area contributed by atoms with E-state index < -0.39 is 0 Å². The summed E-state index contributed by atoms with van der Waals surface area (Å²) < 4.78 is 1.79. The van der Waals surface area contributed by atoms with Crippen LogP contribution in [0.2, 0.25) is 0 Å². The fraction of sp³-hybridized carbons (Fsp3) is 0.421. The molecule has 0 unspecified atom stereocenters. The summed E-state index contributed by atoms with van der Waals surface area (Å²) in [5.74, 6) is 1.78. The molecule has 0 radical (unpaired) electrons. The molecule has 4 heterocycles. The molecule has 0 saturated heterocycles. The molecule has 3 aromatic rings. The number of hydrogen-bond acceptors (Lipinski definition) is 6. The van der Waals surface area contributed by atoms with Gasteiger partial charge in [0.1, 0.15) is 5.82 Å². The first-order chi connectivity index (χ1) is 12.5. The van der Waals surface area contributed by atoms with E-state index >= 15 is 0 Å². The van der Waals surface area contributed by atoms with Gasteiger partial charge in [-0.3, -0.25) is 9.58 Å². The highest BCUT2D eigenvalue weighted by Gasteiger charge is 2.24. The van der Waals surface area contributed by atoms with Gasteiger partial charge in [-0.15, -0.1) is 11.3 Å². The van der Waals surface area contributed by atoms with Crippen LogP contribution in [0.15, 0.2) is 24.5 Å². The Kier molecular flexibility index (Phi) is 4.50. The van der Waals surface area contributed by atoms with Crippen molar-refractivity contribution in [1.82, 2.24) is 24.6 Å². The molecule has 26 heavy (non-hydrogen) atoms. The molecule has 3 aromatic heterocycles. The SMILES string of the molecule is Cc1ccc(CN2CCc3nc(-c4cnn(C)c4)nc(N(C)C)c3C2)s1. The average Bonchev–Trinajstić information content (AvgIpc) is 3.22. The van der Waals surface area contributed by atoms with Crippen LogP contribution in [0.25, 0.3) is 11.4 Å². The minimum atomic E-state index is 0.767. The van der Waals surface area contributed by atoms with E-state index in [9.17, 15) is 0 Å². The van der Waals surface area contributed by atoms with Crippen LogP contribution < -0.4 is 4.90 Å². The van der Waals surface area contributed by atoms with Gasteiger partial charge < -0.3 is 4.90 Å². The van der Waals surface area contributed by atoms with Gasteiger partial charge in [-0.25, -0.2) is 9.97 Å². The summed E-state index contributed by atoms with van der Waals surface area (Å²) in [4.78, 5) is 17.1. The van der Waals surface area contributed by atoms with Gasteiger partial charge in [0.05, 0.1) is 17.5 Å². The number of rotatable bonds is 4. The second-order valence-corrected chi connectivity index (χ2v) is 8.44. The van der Waals surface area contributed by atoms with E-state index in [0.717, 1.165) is 43.3 Å². The zero-order valence-electron chi connectivity index (χ0n) is 15.7. The largest absolute Gasteiger partial charge is 0.362 e. The molecule has 1 aliphatic heterocycles. The first-order valence-corrected chi connectivity index (χ1v) is 9.65. The molecule has 0 atom stereocenters. The van der Waals surface area contributed by atoms with Crippen molar-refractivity contribution in [2.75, 3.05) is 25.5 Å². The first-order valence-electron chi connectivity index (χ1n) is 8.83. The van der Waals surface area contributed by atoms with Gasteiger partial charge in [-0.1, -0.05) is 0 Å². The Labute approximate surface area is 158 Å². The summed E-state index contributed by atoms with van der Waals surface area (Å²) in [5.41, 5.74) is 3.39. The van der Waals surface area contributed by atoms with Gasteiger partial charge in [0.15, 0.2) is 5.82 Å². The lowest BCUT2D eigenvalue weighted by Crippen LogP contribution is -2.32. The predicted octanol–water partition coefficient (Wildman–Crippen LogP) is 2.87. The van der Waals surface area contributed by atoms with E-state index in [-0.39, 0.29) is 0 Å². The Hall–Kier alpha value is -2.25. The standard InChI is InChI=1S/C19H24N6S/c1-13-5-6-15(26-13)11-25-8-7-17-16(12-25)19(23(2)3)22-18(21-17)14-9-20-24(4)10-14/h5-6,9-10H,7-8,11-12H2,1-4H3. The van der Waals surface area contributed by atoms with Crippen molar-refractivity contribution in [2.24, 2.45) is 7.05 Å². The second kappa shape index (κ2) is 6.81. The molecule has 0 N–H and O–H groups in total. The van der Waals surface area contributed by atoms with E-state index in [4.69, 9.17) is 9.97 Å². The van der Waals surface area contributed by atoms with Crippen molar-refractivity contribution in [3.63, 3.8) is 0 Å². The van der Waals surface area contributed by atoms with Crippen molar-refractivity contribution in [2.45, 2.75) is 26.4 Å². The molecule has 0 amide bonds. The molecule has 1 aliphatic rings. The number of nitrogens with zero attached hydrogens (tertiary/aromatic N) is 6. The van der Waals surface area contributed by atoms with Crippen LogP contribution in [-0.4, -0.2) is 45.3 Å². The Morgan fingerprint density at radius 1 is 1.23 bits per heavy atom. The summed E-state index contributed by atoms with van der Waals surface area (Å²) in [7, 11) is 6.02. The van der Waals surface area contributed by atoms with Gasteiger partial charge in [-0.05, 0) is 19.1 Å². The first kappa shape index (κ1) is 17.2. The molecule has 0 aromatic carbocycles. The van der Waals surface area contributed by atoms with E-state index in [0.29, 0.717) is 0 Å². The number of thiophene rings is 1. The van der Waals surface area contributed by atoms with Crippen LogP contribution in [0.1, 0.15) is 21.0 Å². The predicted molar refractivity (Wildman–Crippen MR) is 105 cm³/mol. The fourth-order valence-corrected chi connectivity index (χ4v) is 4.35. The van der Waals surface area contributed by atoms with Gasteiger partial charge >= 0.3 is 0 Å². The molecule has 4 rings (SSSR count). The van der Waals surface area contributed by atoms with Gasteiger partial charge in [0.25, 0.3) is 0 Å². The summed E-state index contributed by atoms with van der Waals surface area (Å²) in [6, 6.07) is 4.44. The minimum absolute atomic E-state index is 0.767. The zero-order valence-corrected chi connectivity index (χ0v) is 16.5. The van der Waals surface area contributed by atoms with Crippen LogP contribution in [0.4, 0.5) is 5.82 Å². The van der Waals surface area contributed by atoms with Crippen LogP contribution >= 0.6 is 11.3 Å². The zero-order chi connectivity index (χ0) is 18.3. The van der Waals surface area contributed by atoms with Gasteiger partial charge in [-0.2, -0.15) is 5.10 Å². The third kappa shape index (κ3) is 3.37. The Bertz CT molecular complexity index is 926. The Balaban J connectivity index is 1.65. The molecule has 136 valence electrons. The maximum atomic E-state index is 4.87. The molecular weight excluding hydrogens is 344 g/mol. The summed E-state index contributed by atoms with van der Waals surface area (Å²) >= 11 is 1.88. The monoisotopic (exact) mass is 368 g/mol. The van der Waals surface area contributed by atoms with Crippen molar-refractivity contribution in [3.05, 3.63) is 45.5 Å². The normalized spacial score (nSPS) is 14.5. The quantitative estimate of drug-likeness (QED) is 0.709. The number of aryl methyl sites for hydroxylation is 2. The van der Waals surface area contributed by atoms with Crippen molar-refractivity contribution in [1.29, 1.82) is 0 Å². The van der Waals surface area contributed by atoms with E-state index in [1.807, 2.05) is 30.8 Å². The van der Waals surface area contributed by atoms with Crippen molar-refractivity contribution in [3.8, 4) is 11.4 Å². The van der Waals surface area contributed by atoms with E-state index in [2.05, 4.69) is 48.1 Å². The summed E-state index contributed by atoms with van der Waals surface area (Å²) in [6.07, 6.45) is 4.75. The lowest BCUT2D eigenvalue weighted by Gasteiger charge is -2.30. The molecule has 0 spiro atoms. The third-order valence-corrected chi connectivity index (χ3v) is 5.67. The number of anilines is 1. The lowest BCUT2D eigenvalue weighted by atomic mass is 10.1. The highest BCUT2D eigenvalue weighted by atomic mass is 32.1. The maximum absolute atomic E-state index is 4.87. The van der Waals surface area contributed by atoms with Crippen molar-refractivity contribution >= 4 is 17.2 Å². The fourth-order valence-electron chi connectivity index (χ4n) is 3.41.